The molecule has 0 atom stereocenters. The van der Waals surface area contributed by atoms with Crippen molar-refractivity contribution in [2.75, 3.05) is 39.4 Å². The summed E-state index contributed by atoms with van der Waals surface area (Å²) < 4.78 is 36.6. The predicted octanol–water partition coefficient (Wildman–Crippen LogP) is 3.54. The van der Waals surface area contributed by atoms with Gasteiger partial charge in [0.25, 0.3) is 5.56 Å². The quantitative estimate of drug-likeness (QED) is 0.504. The number of methoxy groups -OCH3 is 2. The maximum Gasteiger partial charge on any atom is 0.259 e. The van der Waals surface area contributed by atoms with Crippen LogP contribution < -0.4 is 15.0 Å². The summed E-state index contributed by atoms with van der Waals surface area (Å²) in [5, 5.41) is 0.735. The summed E-state index contributed by atoms with van der Waals surface area (Å²) in [7, 11) is 2.01. The Balaban J connectivity index is 1.62. The van der Waals surface area contributed by atoms with Crippen LogP contribution in [-0.2, 0) is 23.3 Å². The molecular weight excluding hydrogens is 460 g/mol. The molecule has 1 aliphatic rings. The molecule has 4 rings (SSSR count). The van der Waals surface area contributed by atoms with E-state index < -0.39 is 9.84 Å². The second kappa shape index (κ2) is 9.48. The number of pyridine rings is 1. The number of benzene rings is 1. The van der Waals surface area contributed by atoms with E-state index in [-0.39, 0.29) is 11.4 Å². The van der Waals surface area contributed by atoms with Crippen molar-refractivity contribution in [1.82, 2.24) is 9.47 Å². The van der Waals surface area contributed by atoms with E-state index in [2.05, 4.69) is 0 Å². The predicted molar refractivity (Wildman–Crippen MR) is 133 cm³/mol. The highest BCUT2D eigenvalue weighted by Gasteiger charge is 2.23. The number of nitrogens with zero attached hydrogens (tertiary/aromatic N) is 2. The van der Waals surface area contributed by atoms with Gasteiger partial charge >= 0.3 is 0 Å². The van der Waals surface area contributed by atoms with Crippen molar-refractivity contribution in [3.05, 3.63) is 45.7 Å². The van der Waals surface area contributed by atoms with Gasteiger partial charge in [0, 0.05) is 34.6 Å². The zero-order chi connectivity index (χ0) is 23.8. The molecule has 1 aromatic carbocycles. The van der Waals surface area contributed by atoms with Gasteiger partial charge in [-0.05, 0) is 62.0 Å². The Kier molecular flexibility index (Phi) is 6.83. The lowest BCUT2D eigenvalue weighted by Gasteiger charge is -2.31. The number of rotatable bonds is 7. The Morgan fingerprint density at radius 1 is 1.09 bits per heavy atom. The minimum Gasteiger partial charge on any atom is -0.493 e. The van der Waals surface area contributed by atoms with E-state index in [1.807, 2.05) is 35.4 Å². The molecule has 3 heterocycles. The van der Waals surface area contributed by atoms with Crippen LogP contribution in [0.25, 0.3) is 21.2 Å². The summed E-state index contributed by atoms with van der Waals surface area (Å²) in [6.45, 7) is 1.59. The van der Waals surface area contributed by atoms with E-state index in [0.717, 1.165) is 53.6 Å². The molecule has 0 radical (unpaired) electrons. The van der Waals surface area contributed by atoms with Gasteiger partial charge in [-0.2, -0.15) is 0 Å². The molecule has 2 aromatic heterocycles. The monoisotopic (exact) mass is 490 g/mol. The molecule has 33 heavy (non-hydrogen) atoms. The van der Waals surface area contributed by atoms with E-state index in [1.165, 1.54) is 11.1 Å². The lowest BCUT2D eigenvalue weighted by atomic mass is 9.93. The van der Waals surface area contributed by atoms with E-state index in [0.29, 0.717) is 17.4 Å². The minimum absolute atomic E-state index is 0.000279. The van der Waals surface area contributed by atoms with E-state index in [1.54, 1.807) is 37.2 Å². The Bertz CT molecular complexity index is 1320. The molecule has 7 nitrogen and oxygen atoms in total. The summed E-state index contributed by atoms with van der Waals surface area (Å²) in [6.07, 6.45) is 6.00. The number of ether oxygens (including phenoxy) is 2. The van der Waals surface area contributed by atoms with Gasteiger partial charge in [0.05, 0.1) is 19.6 Å². The molecule has 0 spiro atoms. The fourth-order valence-electron chi connectivity index (χ4n) is 4.55. The molecule has 0 N–H and O–H groups in total. The smallest absolute Gasteiger partial charge is 0.259 e. The summed E-state index contributed by atoms with van der Waals surface area (Å²) in [6, 6.07) is 7.84. The third-order valence-corrected chi connectivity index (χ3v) is 8.23. The van der Waals surface area contributed by atoms with Crippen molar-refractivity contribution in [3.63, 3.8) is 0 Å². The number of fused-ring (bicyclic) bond motifs is 1. The zero-order valence-electron chi connectivity index (χ0n) is 19.5. The number of sulfone groups is 1. The fraction of sp³-hybridized carbons (Fsp3) is 0.458. The van der Waals surface area contributed by atoms with Crippen LogP contribution in [0.5, 0.6) is 11.5 Å². The average Bonchev–Trinajstić information content (AvgIpc) is 3.20. The van der Waals surface area contributed by atoms with E-state index in [4.69, 9.17) is 9.47 Å². The van der Waals surface area contributed by atoms with Gasteiger partial charge in [0.15, 0.2) is 21.3 Å². The topological polar surface area (TPSA) is 77.8 Å². The molecule has 0 bridgehead atoms. The molecule has 0 unspecified atom stereocenters. The van der Waals surface area contributed by atoms with Crippen molar-refractivity contribution >= 4 is 31.3 Å². The normalized spacial score (nSPS) is 15.8. The SMILES string of the molecule is COc1ccc(-c2cn(C)c(=O)c3cc(CC4CCN(CS(C)(=O)=O)CC4)sc23)cc1OC. The second-order valence-electron chi connectivity index (χ2n) is 8.80. The molecule has 0 aliphatic carbocycles. The number of aryl methyl sites for hydroxylation is 1. The maximum absolute atomic E-state index is 12.9. The third-order valence-electron chi connectivity index (χ3n) is 6.21. The van der Waals surface area contributed by atoms with Crippen LogP contribution in [0.1, 0.15) is 17.7 Å². The van der Waals surface area contributed by atoms with Gasteiger partial charge in [0.1, 0.15) is 5.88 Å². The highest BCUT2D eigenvalue weighted by atomic mass is 32.2. The van der Waals surface area contributed by atoms with Crippen LogP contribution in [0.3, 0.4) is 0 Å². The van der Waals surface area contributed by atoms with Gasteiger partial charge < -0.3 is 14.0 Å². The standard InChI is InChI=1S/C24H30N2O5S2/c1-25-14-20(17-5-6-21(30-2)22(12-17)31-3)23-19(24(25)27)13-18(32-23)11-16-7-9-26(10-8-16)15-33(4,28)29/h5-6,12-14,16H,7-11,15H2,1-4H3. The highest BCUT2D eigenvalue weighted by molar-refractivity contribution is 7.90. The molecule has 0 amide bonds. The number of piperidine rings is 1. The lowest BCUT2D eigenvalue weighted by Crippen LogP contribution is -2.37. The molecular formula is C24H30N2O5S2. The molecule has 178 valence electrons. The zero-order valence-corrected chi connectivity index (χ0v) is 21.1. The van der Waals surface area contributed by atoms with Crippen LogP contribution >= 0.6 is 11.3 Å². The van der Waals surface area contributed by atoms with Gasteiger partial charge in [-0.25, -0.2) is 8.42 Å². The first kappa shape index (κ1) is 23.8. The first-order chi connectivity index (χ1) is 15.7. The van der Waals surface area contributed by atoms with Crippen molar-refractivity contribution < 1.29 is 17.9 Å². The van der Waals surface area contributed by atoms with Crippen LogP contribution in [0.4, 0.5) is 0 Å². The molecule has 3 aromatic rings. The van der Waals surface area contributed by atoms with Crippen molar-refractivity contribution in [3.8, 4) is 22.6 Å². The van der Waals surface area contributed by atoms with Crippen LogP contribution in [0.15, 0.2) is 35.3 Å². The summed E-state index contributed by atoms with van der Waals surface area (Å²) in [5.74, 6) is 1.93. The Hall–Kier alpha value is -2.36. The Morgan fingerprint density at radius 3 is 2.42 bits per heavy atom. The minimum atomic E-state index is -2.99. The Morgan fingerprint density at radius 2 is 1.79 bits per heavy atom. The molecule has 1 saturated heterocycles. The van der Waals surface area contributed by atoms with Gasteiger partial charge in [-0.15, -0.1) is 11.3 Å². The number of likely N-dealkylation sites (tertiary alicyclic amines) is 1. The maximum atomic E-state index is 12.9. The number of hydrogen-bond donors (Lipinski definition) is 0. The van der Waals surface area contributed by atoms with Crippen LogP contribution in [0, 0.1) is 5.92 Å². The van der Waals surface area contributed by atoms with Crippen molar-refractivity contribution in [2.24, 2.45) is 13.0 Å². The fourth-order valence-corrected chi connectivity index (χ4v) is 6.76. The van der Waals surface area contributed by atoms with Gasteiger partial charge in [-0.1, -0.05) is 6.07 Å². The van der Waals surface area contributed by atoms with E-state index in [9.17, 15) is 13.2 Å². The van der Waals surface area contributed by atoms with Crippen molar-refractivity contribution in [2.45, 2.75) is 19.3 Å². The summed E-state index contributed by atoms with van der Waals surface area (Å²) >= 11 is 1.67. The first-order valence-electron chi connectivity index (χ1n) is 10.9. The first-order valence-corrected chi connectivity index (χ1v) is 13.8. The number of hydrogen-bond acceptors (Lipinski definition) is 7. The van der Waals surface area contributed by atoms with Gasteiger partial charge in [-0.3, -0.25) is 9.69 Å². The molecule has 9 heteroatoms. The molecule has 1 fully saturated rings. The largest absolute Gasteiger partial charge is 0.493 e. The van der Waals surface area contributed by atoms with Crippen LogP contribution in [-0.4, -0.2) is 57.3 Å². The second-order valence-corrected chi connectivity index (χ2v) is 12.1. The number of thiophene rings is 1. The highest BCUT2D eigenvalue weighted by Crippen LogP contribution is 2.38. The number of aromatic nitrogens is 1. The van der Waals surface area contributed by atoms with E-state index >= 15 is 0 Å². The molecule has 1 aliphatic heterocycles. The lowest BCUT2D eigenvalue weighted by molar-refractivity contribution is 0.208. The Labute approximate surface area is 198 Å². The molecule has 0 saturated carbocycles. The van der Waals surface area contributed by atoms with Gasteiger partial charge in [0.2, 0.25) is 0 Å². The summed E-state index contributed by atoms with van der Waals surface area (Å²) in [4.78, 5) is 16.1. The van der Waals surface area contributed by atoms with Crippen molar-refractivity contribution in [1.29, 1.82) is 0 Å². The third kappa shape index (κ3) is 5.26. The average molecular weight is 491 g/mol. The van der Waals surface area contributed by atoms with Crippen LogP contribution in [0.2, 0.25) is 0 Å². The summed E-state index contributed by atoms with van der Waals surface area (Å²) in [5.41, 5.74) is 1.96.